The monoisotopic (exact) mass is 320 g/mol. The lowest BCUT2D eigenvalue weighted by atomic mass is 10.1. The minimum absolute atomic E-state index is 0.0301. The average Bonchev–Trinajstić information content (AvgIpc) is 3.00. The van der Waals surface area contributed by atoms with Crippen molar-refractivity contribution >= 4 is 28.3 Å². The molecule has 24 heavy (non-hydrogen) atoms. The number of para-hydroxylation sites is 2. The number of hydrogen-bond donors (Lipinski definition) is 0. The first-order valence-corrected chi connectivity index (χ1v) is 8.04. The summed E-state index contributed by atoms with van der Waals surface area (Å²) in [4.78, 5) is 26.4. The minimum atomic E-state index is -0.0301. The molecule has 0 aliphatic rings. The quantitative estimate of drug-likeness (QED) is 0.669. The lowest BCUT2D eigenvalue weighted by molar-refractivity contribution is -0.118. The molecular formula is C20H20N2O2. The molecule has 0 saturated carbocycles. The Morgan fingerprint density at radius 1 is 1.00 bits per heavy atom. The molecule has 4 nitrogen and oxygen atoms in total. The average molecular weight is 320 g/mol. The molecule has 0 N–H and O–H groups in total. The highest BCUT2D eigenvalue weighted by atomic mass is 16.2. The fourth-order valence-electron chi connectivity index (χ4n) is 2.84. The van der Waals surface area contributed by atoms with Crippen LogP contribution in [-0.2, 0) is 11.3 Å². The third kappa shape index (κ3) is 2.95. The number of hydrogen-bond acceptors (Lipinski definition) is 2. The highest BCUT2D eigenvalue weighted by molar-refractivity contribution is 6.08. The lowest BCUT2D eigenvalue weighted by Gasteiger charge is -2.18. The number of rotatable bonds is 5. The Hall–Kier alpha value is -2.88. The number of ketones is 1. The largest absolute Gasteiger partial charge is 0.337 e. The van der Waals surface area contributed by atoms with Crippen molar-refractivity contribution in [1.82, 2.24) is 4.57 Å². The Kier molecular flexibility index (Phi) is 4.47. The normalized spacial score (nSPS) is 10.8. The number of anilines is 1. The molecule has 0 radical (unpaired) electrons. The van der Waals surface area contributed by atoms with Crippen LogP contribution in [-0.4, -0.2) is 23.3 Å². The first kappa shape index (κ1) is 16.0. The van der Waals surface area contributed by atoms with E-state index in [1.54, 1.807) is 18.1 Å². The number of Topliss-reactive ketones (excluding diaryl/α,β-unsaturated/α-hetero) is 1. The molecule has 0 unspecified atom stereocenters. The second kappa shape index (κ2) is 6.71. The standard InChI is InChI=1S/C20H20N2O2/c1-3-19(23)17-13-22(18-12-8-7-11-16(17)18)14-20(24)21(2)15-9-5-4-6-10-15/h4-13H,3,14H2,1-2H3. The van der Waals surface area contributed by atoms with Gasteiger partial charge in [-0.1, -0.05) is 43.3 Å². The van der Waals surface area contributed by atoms with Crippen molar-refractivity contribution in [3.8, 4) is 0 Å². The lowest BCUT2D eigenvalue weighted by Crippen LogP contribution is -2.29. The third-order valence-electron chi connectivity index (χ3n) is 4.23. The van der Waals surface area contributed by atoms with E-state index in [4.69, 9.17) is 0 Å². The summed E-state index contributed by atoms with van der Waals surface area (Å²) in [6, 6.07) is 17.2. The summed E-state index contributed by atoms with van der Waals surface area (Å²) in [6.07, 6.45) is 2.25. The molecule has 0 atom stereocenters. The van der Waals surface area contributed by atoms with E-state index in [0.29, 0.717) is 12.0 Å². The Balaban J connectivity index is 1.93. The van der Waals surface area contributed by atoms with Crippen LogP contribution in [0.3, 0.4) is 0 Å². The molecule has 0 saturated heterocycles. The van der Waals surface area contributed by atoms with Gasteiger partial charge in [-0.3, -0.25) is 9.59 Å². The Labute approximate surface area is 141 Å². The first-order chi connectivity index (χ1) is 11.6. The maximum Gasteiger partial charge on any atom is 0.246 e. The van der Waals surface area contributed by atoms with Gasteiger partial charge in [-0.2, -0.15) is 0 Å². The maximum absolute atomic E-state index is 12.6. The number of carbonyl (C=O) groups is 2. The van der Waals surface area contributed by atoms with Crippen LogP contribution < -0.4 is 4.90 Å². The van der Waals surface area contributed by atoms with Gasteiger partial charge < -0.3 is 9.47 Å². The summed E-state index contributed by atoms with van der Waals surface area (Å²) in [5.41, 5.74) is 2.44. The second-order valence-electron chi connectivity index (χ2n) is 5.75. The fourth-order valence-corrected chi connectivity index (χ4v) is 2.84. The minimum Gasteiger partial charge on any atom is -0.337 e. The number of carbonyl (C=O) groups excluding carboxylic acids is 2. The van der Waals surface area contributed by atoms with Gasteiger partial charge in [0.15, 0.2) is 5.78 Å². The predicted molar refractivity (Wildman–Crippen MR) is 96.4 cm³/mol. The van der Waals surface area contributed by atoms with Gasteiger partial charge in [0.1, 0.15) is 6.54 Å². The number of aromatic nitrogens is 1. The smallest absolute Gasteiger partial charge is 0.246 e. The SMILES string of the molecule is CCC(=O)c1cn(CC(=O)N(C)c2ccccc2)c2ccccc12. The van der Waals surface area contributed by atoms with Crippen LogP contribution in [0.4, 0.5) is 5.69 Å². The van der Waals surface area contributed by atoms with Crippen molar-refractivity contribution < 1.29 is 9.59 Å². The topological polar surface area (TPSA) is 42.3 Å². The number of nitrogens with zero attached hydrogens (tertiary/aromatic N) is 2. The van der Waals surface area contributed by atoms with Gasteiger partial charge in [-0.15, -0.1) is 0 Å². The number of likely N-dealkylation sites (N-methyl/N-ethyl adjacent to an activating group) is 1. The van der Waals surface area contributed by atoms with Crippen LogP contribution >= 0.6 is 0 Å². The molecule has 0 aliphatic carbocycles. The van der Waals surface area contributed by atoms with Crippen molar-refractivity contribution in [2.24, 2.45) is 0 Å². The molecule has 3 aromatic rings. The summed E-state index contributed by atoms with van der Waals surface area (Å²) in [6.45, 7) is 2.05. The van der Waals surface area contributed by atoms with Crippen molar-refractivity contribution in [3.05, 3.63) is 66.4 Å². The van der Waals surface area contributed by atoms with Crippen LogP contribution in [0.25, 0.3) is 10.9 Å². The van der Waals surface area contributed by atoms with Gasteiger partial charge in [0.05, 0.1) is 0 Å². The number of fused-ring (bicyclic) bond motifs is 1. The molecule has 3 rings (SSSR count). The molecule has 0 bridgehead atoms. The molecule has 0 spiro atoms. The summed E-state index contributed by atoms with van der Waals surface area (Å²) in [5.74, 6) is 0.0614. The molecule has 1 heterocycles. The number of amides is 1. The van der Waals surface area contributed by atoms with Crippen LogP contribution in [0.15, 0.2) is 60.8 Å². The molecule has 4 heteroatoms. The summed E-state index contributed by atoms with van der Waals surface area (Å²) in [5, 5.41) is 0.902. The van der Waals surface area contributed by atoms with Gasteiger partial charge in [0.2, 0.25) is 5.91 Å². The molecule has 1 aromatic heterocycles. The molecule has 0 fully saturated rings. The molecule has 0 aliphatic heterocycles. The number of benzene rings is 2. The van der Waals surface area contributed by atoms with Crippen molar-refractivity contribution in [3.63, 3.8) is 0 Å². The first-order valence-electron chi connectivity index (χ1n) is 8.04. The Morgan fingerprint density at radius 2 is 1.67 bits per heavy atom. The van der Waals surface area contributed by atoms with Crippen LogP contribution in [0.1, 0.15) is 23.7 Å². The van der Waals surface area contributed by atoms with E-state index >= 15 is 0 Å². The van der Waals surface area contributed by atoms with Crippen LogP contribution in [0.2, 0.25) is 0 Å². The summed E-state index contributed by atoms with van der Waals surface area (Å²) < 4.78 is 1.86. The van der Waals surface area contributed by atoms with Gasteiger partial charge in [-0.25, -0.2) is 0 Å². The van der Waals surface area contributed by atoms with E-state index in [2.05, 4.69) is 0 Å². The maximum atomic E-state index is 12.6. The molecule has 122 valence electrons. The van der Waals surface area contributed by atoms with E-state index in [1.165, 1.54) is 0 Å². The van der Waals surface area contributed by atoms with Crippen molar-refractivity contribution in [2.75, 3.05) is 11.9 Å². The third-order valence-corrected chi connectivity index (χ3v) is 4.23. The van der Waals surface area contributed by atoms with Gasteiger partial charge >= 0.3 is 0 Å². The van der Waals surface area contributed by atoms with Crippen molar-refractivity contribution in [2.45, 2.75) is 19.9 Å². The Bertz CT molecular complexity index is 881. The zero-order valence-electron chi connectivity index (χ0n) is 13.9. The van der Waals surface area contributed by atoms with E-state index in [-0.39, 0.29) is 18.2 Å². The van der Waals surface area contributed by atoms with Gasteiger partial charge in [0, 0.05) is 41.8 Å². The molecule has 1 amide bonds. The molecule has 2 aromatic carbocycles. The van der Waals surface area contributed by atoms with E-state index < -0.39 is 0 Å². The summed E-state index contributed by atoms with van der Waals surface area (Å²) in [7, 11) is 1.77. The predicted octanol–water partition coefficient (Wildman–Crippen LogP) is 3.90. The van der Waals surface area contributed by atoms with Gasteiger partial charge in [0.25, 0.3) is 0 Å². The Morgan fingerprint density at radius 3 is 2.38 bits per heavy atom. The van der Waals surface area contributed by atoms with E-state index in [1.807, 2.05) is 66.1 Å². The second-order valence-corrected chi connectivity index (χ2v) is 5.75. The zero-order chi connectivity index (χ0) is 17.1. The van der Waals surface area contributed by atoms with E-state index in [0.717, 1.165) is 16.6 Å². The van der Waals surface area contributed by atoms with Gasteiger partial charge in [-0.05, 0) is 18.2 Å². The van der Waals surface area contributed by atoms with Crippen LogP contribution in [0, 0.1) is 0 Å². The summed E-state index contributed by atoms with van der Waals surface area (Å²) >= 11 is 0. The zero-order valence-corrected chi connectivity index (χ0v) is 13.9. The molecular weight excluding hydrogens is 300 g/mol. The fraction of sp³-hybridized carbons (Fsp3) is 0.200. The highest BCUT2D eigenvalue weighted by Gasteiger charge is 2.17. The van der Waals surface area contributed by atoms with Crippen molar-refractivity contribution in [1.29, 1.82) is 0 Å². The van der Waals surface area contributed by atoms with Crippen LogP contribution in [0.5, 0.6) is 0 Å². The highest BCUT2D eigenvalue weighted by Crippen LogP contribution is 2.23. The van der Waals surface area contributed by atoms with E-state index in [9.17, 15) is 9.59 Å².